The predicted octanol–water partition coefficient (Wildman–Crippen LogP) is 6.24. The number of fused-ring (bicyclic) bond motifs is 5. The molecular formula is C36H41F3N6O. The molecular weight excluding hydrogens is 589 g/mol. The zero-order valence-corrected chi connectivity index (χ0v) is 26.6. The van der Waals surface area contributed by atoms with E-state index in [2.05, 4.69) is 24.7 Å². The van der Waals surface area contributed by atoms with Crippen LogP contribution in [0.3, 0.4) is 0 Å². The van der Waals surface area contributed by atoms with Crippen molar-refractivity contribution in [1.29, 1.82) is 0 Å². The van der Waals surface area contributed by atoms with E-state index in [9.17, 15) is 8.78 Å². The van der Waals surface area contributed by atoms with E-state index in [-0.39, 0.29) is 11.2 Å². The highest BCUT2D eigenvalue weighted by Gasteiger charge is 2.43. The fraction of sp³-hybridized carbons (Fsp3) is 0.528. The number of piperazine rings is 1. The molecule has 9 rings (SSSR count). The standard InChI is InChI=1S/C29H29F2N5O.C7H12FN/c1-3-24-33-28-22(29(34-24)35-12-18-7-8-19(13-35)36(18)14-20-15-37-20)11-32-27(26(28)31)21-10-16(2)9-17-5-4-6-23(30)25(17)21;8-6-4-7-2-1-3-9(7)5-6/h4-6,9-11,18-20H,3,7-8,12-15H2,1-2H3;6-7H,1-5H2. The smallest absolute Gasteiger partial charge is 0.175 e. The van der Waals surface area contributed by atoms with E-state index in [1.54, 1.807) is 18.3 Å². The van der Waals surface area contributed by atoms with Crippen LogP contribution in [0.15, 0.2) is 36.5 Å². The predicted molar refractivity (Wildman–Crippen MR) is 174 cm³/mol. The summed E-state index contributed by atoms with van der Waals surface area (Å²) in [6.45, 7) is 9.30. The molecule has 5 fully saturated rings. The molecule has 0 amide bonds. The Morgan fingerprint density at radius 3 is 2.54 bits per heavy atom. The first kappa shape index (κ1) is 30.0. The van der Waals surface area contributed by atoms with Crippen molar-refractivity contribution in [2.75, 3.05) is 44.2 Å². The van der Waals surface area contributed by atoms with Gasteiger partial charge in [-0.25, -0.2) is 23.1 Å². The Balaban J connectivity index is 0.000000297. The fourth-order valence-electron chi connectivity index (χ4n) is 8.29. The number of aryl methyl sites for hydroxylation is 2. The van der Waals surface area contributed by atoms with Gasteiger partial charge in [-0.1, -0.05) is 25.1 Å². The molecule has 0 radical (unpaired) electrons. The molecule has 7 heterocycles. The van der Waals surface area contributed by atoms with Crippen LogP contribution in [0.4, 0.5) is 19.0 Å². The molecule has 7 nitrogen and oxygen atoms in total. The molecule has 5 atom stereocenters. The van der Waals surface area contributed by atoms with Gasteiger partial charge in [0.1, 0.15) is 34.8 Å². The van der Waals surface area contributed by atoms with E-state index in [4.69, 9.17) is 9.72 Å². The van der Waals surface area contributed by atoms with Crippen molar-refractivity contribution < 1.29 is 17.9 Å². The van der Waals surface area contributed by atoms with Crippen LogP contribution in [-0.2, 0) is 11.2 Å². The molecule has 2 bridgehead atoms. The third-order valence-electron chi connectivity index (χ3n) is 10.6. The molecule has 2 aromatic carbocycles. The lowest BCUT2D eigenvalue weighted by atomic mass is 9.97. The van der Waals surface area contributed by atoms with E-state index < -0.39 is 17.8 Å². The molecule has 0 N–H and O–H groups in total. The van der Waals surface area contributed by atoms with E-state index in [0.29, 0.717) is 59.4 Å². The second-order valence-corrected chi connectivity index (χ2v) is 13.7. The average Bonchev–Trinajstić information content (AvgIpc) is 3.58. The topological polar surface area (TPSA) is 60.9 Å². The monoisotopic (exact) mass is 630 g/mol. The third kappa shape index (κ3) is 5.52. The highest BCUT2D eigenvalue weighted by atomic mass is 19.1. The minimum absolute atomic E-state index is 0.118. The molecule has 5 saturated heterocycles. The highest BCUT2D eigenvalue weighted by molar-refractivity contribution is 5.99. The van der Waals surface area contributed by atoms with Crippen molar-refractivity contribution in [1.82, 2.24) is 24.8 Å². The van der Waals surface area contributed by atoms with Crippen molar-refractivity contribution in [2.24, 2.45) is 0 Å². The quantitative estimate of drug-likeness (QED) is 0.242. The minimum atomic E-state index is -0.529. The Morgan fingerprint density at radius 1 is 1.00 bits per heavy atom. The summed E-state index contributed by atoms with van der Waals surface area (Å²) < 4.78 is 49.3. The largest absolute Gasteiger partial charge is 0.372 e. The number of rotatable bonds is 5. The number of hydrogen-bond donors (Lipinski definition) is 0. The van der Waals surface area contributed by atoms with Gasteiger partial charge in [0.05, 0.1) is 18.1 Å². The molecule has 0 spiro atoms. The molecule has 10 heteroatoms. The zero-order valence-electron chi connectivity index (χ0n) is 26.6. The molecule has 0 saturated carbocycles. The zero-order chi connectivity index (χ0) is 31.5. The van der Waals surface area contributed by atoms with E-state index in [1.165, 1.54) is 18.9 Å². The summed E-state index contributed by atoms with van der Waals surface area (Å²) in [5.41, 5.74) is 1.72. The minimum Gasteiger partial charge on any atom is -0.372 e. The van der Waals surface area contributed by atoms with E-state index >= 15 is 4.39 Å². The van der Waals surface area contributed by atoms with Crippen LogP contribution in [0.1, 0.15) is 50.4 Å². The Labute approximate surface area is 267 Å². The van der Waals surface area contributed by atoms with Crippen molar-refractivity contribution in [3.63, 3.8) is 0 Å². The van der Waals surface area contributed by atoms with Crippen molar-refractivity contribution in [2.45, 2.75) is 82.8 Å². The Kier molecular flexibility index (Phi) is 7.85. The number of hydrogen-bond acceptors (Lipinski definition) is 7. The van der Waals surface area contributed by atoms with Gasteiger partial charge < -0.3 is 9.64 Å². The van der Waals surface area contributed by atoms with Crippen LogP contribution in [0.25, 0.3) is 32.9 Å². The van der Waals surface area contributed by atoms with Gasteiger partial charge in [-0.2, -0.15) is 0 Å². The third-order valence-corrected chi connectivity index (χ3v) is 10.6. The molecule has 5 aliphatic rings. The average molecular weight is 631 g/mol. The van der Waals surface area contributed by atoms with Crippen molar-refractivity contribution >= 4 is 27.5 Å². The van der Waals surface area contributed by atoms with Gasteiger partial charge in [0, 0.05) is 67.9 Å². The molecule has 46 heavy (non-hydrogen) atoms. The van der Waals surface area contributed by atoms with Crippen molar-refractivity contribution in [3.05, 3.63) is 59.6 Å². The second-order valence-electron chi connectivity index (χ2n) is 13.7. The van der Waals surface area contributed by atoms with Gasteiger partial charge in [0.2, 0.25) is 0 Å². The van der Waals surface area contributed by atoms with Crippen molar-refractivity contribution in [3.8, 4) is 11.3 Å². The normalized spacial score (nSPS) is 27.3. The van der Waals surface area contributed by atoms with Crippen LogP contribution >= 0.6 is 0 Å². The number of alkyl halides is 1. The van der Waals surface area contributed by atoms with E-state index in [0.717, 1.165) is 68.8 Å². The summed E-state index contributed by atoms with van der Waals surface area (Å²) in [5.74, 6) is 0.425. The van der Waals surface area contributed by atoms with Gasteiger partial charge in [0.15, 0.2) is 5.82 Å². The van der Waals surface area contributed by atoms with Gasteiger partial charge >= 0.3 is 0 Å². The fourth-order valence-corrected chi connectivity index (χ4v) is 8.29. The van der Waals surface area contributed by atoms with Gasteiger partial charge in [-0.15, -0.1) is 0 Å². The van der Waals surface area contributed by atoms with Crippen LogP contribution in [-0.4, -0.2) is 94.5 Å². The number of epoxide rings is 1. The van der Waals surface area contributed by atoms with E-state index in [1.807, 2.05) is 26.0 Å². The van der Waals surface area contributed by atoms with Crippen LogP contribution < -0.4 is 4.90 Å². The number of aromatic nitrogens is 3. The van der Waals surface area contributed by atoms with Gasteiger partial charge in [-0.05, 0) is 68.7 Å². The first-order valence-electron chi connectivity index (χ1n) is 16.9. The number of halogens is 3. The molecule has 5 unspecified atom stereocenters. The maximum Gasteiger partial charge on any atom is 0.175 e. The Bertz CT molecular complexity index is 1760. The van der Waals surface area contributed by atoms with Crippen LogP contribution in [0, 0.1) is 18.6 Å². The Morgan fingerprint density at radius 2 is 1.80 bits per heavy atom. The summed E-state index contributed by atoms with van der Waals surface area (Å²) in [6, 6.07) is 10.1. The van der Waals surface area contributed by atoms with Gasteiger partial charge in [0.25, 0.3) is 0 Å². The first-order valence-corrected chi connectivity index (χ1v) is 16.9. The highest BCUT2D eigenvalue weighted by Crippen LogP contribution is 2.38. The summed E-state index contributed by atoms with van der Waals surface area (Å²) in [4.78, 5) is 21.2. The Hall–Kier alpha value is -3.34. The molecule has 0 aliphatic carbocycles. The second kappa shape index (κ2) is 12.0. The summed E-state index contributed by atoms with van der Waals surface area (Å²) in [5, 5.41) is 1.70. The lowest BCUT2D eigenvalue weighted by Gasteiger charge is -2.41. The first-order chi connectivity index (χ1) is 22.4. The van der Waals surface area contributed by atoms with Crippen LogP contribution in [0.2, 0.25) is 0 Å². The van der Waals surface area contributed by atoms with Crippen LogP contribution in [0.5, 0.6) is 0 Å². The molecule has 242 valence electrons. The van der Waals surface area contributed by atoms with Gasteiger partial charge in [-0.3, -0.25) is 14.8 Å². The summed E-state index contributed by atoms with van der Waals surface area (Å²) in [6.07, 6.45) is 7.76. The number of anilines is 1. The molecule has 4 aromatic rings. The lowest BCUT2D eigenvalue weighted by Crippen LogP contribution is -2.55. The number of ether oxygens (including phenoxy) is 1. The maximum absolute atomic E-state index is 16.3. The number of nitrogens with zero attached hydrogens (tertiary/aromatic N) is 6. The summed E-state index contributed by atoms with van der Waals surface area (Å²) >= 11 is 0. The molecule has 2 aromatic heterocycles. The maximum atomic E-state index is 16.3. The molecule has 5 aliphatic heterocycles. The SMILES string of the molecule is CCc1nc(N2CC3CCC(C2)N3CC2CO2)c2cnc(-c3cc(C)cc4cccc(F)c34)c(F)c2n1.FC1CC2CCCN2C1. The number of benzene rings is 2. The number of pyridine rings is 1. The summed E-state index contributed by atoms with van der Waals surface area (Å²) in [7, 11) is 0. The lowest BCUT2D eigenvalue weighted by molar-refractivity contribution is 0.154.